The van der Waals surface area contributed by atoms with Crippen LogP contribution in [-0.2, 0) is 20.4 Å². The second-order valence-electron chi connectivity index (χ2n) is 15.6. The molecule has 0 radical (unpaired) electrons. The van der Waals surface area contributed by atoms with Crippen molar-refractivity contribution in [2.45, 2.75) is 109 Å². The quantitative estimate of drug-likeness (QED) is 0.224. The molecule has 0 spiro atoms. The normalized spacial score (nSPS) is 25.1. The van der Waals surface area contributed by atoms with Crippen LogP contribution in [0.5, 0.6) is 5.75 Å². The fourth-order valence-corrected chi connectivity index (χ4v) is 9.19. The molecule has 0 atom stereocenters. The number of hydrogen-bond acceptors (Lipinski definition) is 8. The lowest BCUT2D eigenvalue weighted by molar-refractivity contribution is -0.124. The first-order valence-electron chi connectivity index (χ1n) is 17.9. The number of carbonyl (C=O) groups is 2. The molecule has 10 heteroatoms. The SMILES string of the molecule is COc1ccc(C23CCC(CN(c4cc(-c5cnc(C(C)(C)C)s5)ccn4)C(=O)[C@H]4CC[C@H](OC(=O)NCCO)CC4)(CC2)CC3)cc1C. The van der Waals surface area contributed by atoms with Gasteiger partial charge in [0.1, 0.15) is 17.7 Å². The van der Waals surface area contributed by atoms with Crippen LogP contribution >= 0.6 is 11.3 Å². The van der Waals surface area contributed by atoms with Gasteiger partial charge in [-0.25, -0.2) is 14.8 Å². The molecule has 49 heavy (non-hydrogen) atoms. The number of anilines is 1. The Morgan fingerprint density at radius 3 is 2.35 bits per heavy atom. The number of aromatic nitrogens is 2. The largest absolute Gasteiger partial charge is 0.496 e. The third-order valence-corrected chi connectivity index (χ3v) is 12.8. The Morgan fingerprint density at radius 1 is 1.02 bits per heavy atom. The molecule has 2 heterocycles. The van der Waals surface area contributed by atoms with E-state index in [0.29, 0.717) is 38.0 Å². The van der Waals surface area contributed by atoms with E-state index in [9.17, 15) is 9.59 Å². The van der Waals surface area contributed by atoms with Crippen molar-refractivity contribution in [3.63, 3.8) is 0 Å². The number of ether oxygens (including phenoxy) is 2. The minimum atomic E-state index is -0.515. The minimum absolute atomic E-state index is 0.0380. The van der Waals surface area contributed by atoms with E-state index in [2.05, 4.69) is 57.3 Å². The summed E-state index contributed by atoms with van der Waals surface area (Å²) >= 11 is 1.70. The van der Waals surface area contributed by atoms with Crippen molar-refractivity contribution in [2.24, 2.45) is 11.3 Å². The van der Waals surface area contributed by atoms with Crippen LogP contribution in [0.1, 0.15) is 101 Å². The van der Waals surface area contributed by atoms with E-state index in [1.54, 1.807) is 18.4 Å². The molecule has 2 bridgehead atoms. The molecule has 0 saturated heterocycles. The summed E-state index contributed by atoms with van der Waals surface area (Å²) in [7, 11) is 1.73. The maximum absolute atomic E-state index is 14.6. The molecule has 0 aliphatic heterocycles. The number of thiazole rings is 1. The van der Waals surface area contributed by atoms with Gasteiger partial charge in [0.05, 0.1) is 23.6 Å². The van der Waals surface area contributed by atoms with Gasteiger partial charge in [0.25, 0.3) is 0 Å². The van der Waals surface area contributed by atoms with E-state index in [0.717, 1.165) is 59.7 Å². The van der Waals surface area contributed by atoms with Crippen molar-refractivity contribution in [1.82, 2.24) is 15.3 Å². The molecule has 3 aromatic rings. The zero-order valence-electron chi connectivity index (χ0n) is 29.7. The number of aliphatic hydroxyl groups is 1. The molecule has 4 aliphatic carbocycles. The highest BCUT2D eigenvalue weighted by Crippen LogP contribution is 2.58. The Balaban J connectivity index is 1.23. The standard InChI is InChI=1S/C39H52N4O5S/c1-26-22-29(8-11-31(26)47-5)39-16-13-38(14-17-39,15-18-39)25-43(34(45)27-6-9-30(10-7-27)48-36(46)41-20-21-44)33-23-28(12-19-40-33)32-24-42-35(49-32)37(2,3)4/h8,11-12,19,22-24,27,30,44H,6-7,9-10,13-18,20-21,25H2,1-5H3,(H,41,46)/t27-,30-,38?,39?. The van der Waals surface area contributed by atoms with Crippen LogP contribution in [0, 0.1) is 18.3 Å². The van der Waals surface area contributed by atoms with Crippen LogP contribution in [0.15, 0.2) is 42.7 Å². The van der Waals surface area contributed by atoms with Gasteiger partial charge in [-0.05, 0) is 117 Å². The molecule has 4 fully saturated rings. The summed E-state index contributed by atoms with van der Waals surface area (Å²) in [5, 5.41) is 12.6. The van der Waals surface area contributed by atoms with Crippen LogP contribution in [0.4, 0.5) is 10.6 Å². The van der Waals surface area contributed by atoms with Crippen molar-refractivity contribution in [1.29, 1.82) is 0 Å². The predicted octanol–water partition coefficient (Wildman–Crippen LogP) is 7.72. The highest BCUT2D eigenvalue weighted by molar-refractivity contribution is 7.15. The van der Waals surface area contributed by atoms with E-state index in [4.69, 9.17) is 24.5 Å². The lowest BCUT2D eigenvalue weighted by Crippen LogP contribution is -2.52. The lowest BCUT2D eigenvalue weighted by Gasteiger charge is -2.55. The average molecular weight is 689 g/mol. The third-order valence-electron chi connectivity index (χ3n) is 11.3. The minimum Gasteiger partial charge on any atom is -0.496 e. The maximum Gasteiger partial charge on any atom is 0.407 e. The molecular weight excluding hydrogens is 637 g/mol. The molecular formula is C39H52N4O5S. The topological polar surface area (TPSA) is 114 Å². The van der Waals surface area contributed by atoms with Gasteiger partial charge in [-0.2, -0.15) is 0 Å². The molecule has 7 rings (SSSR count). The Bertz CT molecular complexity index is 1620. The molecule has 2 N–H and O–H groups in total. The second kappa shape index (κ2) is 14.4. The average Bonchev–Trinajstić information content (AvgIpc) is 3.62. The van der Waals surface area contributed by atoms with Gasteiger partial charge in [-0.15, -0.1) is 11.3 Å². The number of aliphatic hydroxyl groups excluding tert-OH is 1. The Hall–Kier alpha value is -3.50. The maximum atomic E-state index is 14.6. The Morgan fingerprint density at radius 2 is 1.73 bits per heavy atom. The van der Waals surface area contributed by atoms with E-state index < -0.39 is 6.09 Å². The third kappa shape index (κ3) is 7.65. The fraction of sp³-hybridized carbons (Fsp3) is 0.590. The lowest BCUT2D eigenvalue weighted by atomic mass is 9.51. The van der Waals surface area contributed by atoms with E-state index >= 15 is 0 Å². The Labute approximate surface area is 294 Å². The number of amides is 2. The zero-order chi connectivity index (χ0) is 34.8. The molecule has 2 aromatic heterocycles. The van der Waals surface area contributed by atoms with Crippen LogP contribution in [0.25, 0.3) is 10.4 Å². The molecule has 9 nitrogen and oxygen atoms in total. The van der Waals surface area contributed by atoms with Gasteiger partial charge < -0.3 is 19.9 Å². The van der Waals surface area contributed by atoms with Gasteiger partial charge in [0.15, 0.2) is 0 Å². The van der Waals surface area contributed by atoms with E-state index in [1.165, 1.54) is 11.1 Å². The summed E-state index contributed by atoms with van der Waals surface area (Å²) in [4.78, 5) is 39.3. The summed E-state index contributed by atoms with van der Waals surface area (Å²) in [6.45, 7) is 9.34. The predicted molar refractivity (Wildman–Crippen MR) is 193 cm³/mol. The number of carbonyl (C=O) groups excluding carboxylic acids is 2. The summed E-state index contributed by atoms with van der Waals surface area (Å²) in [6.07, 6.45) is 12.2. The first-order chi connectivity index (χ1) is 23.4. The molecule has 4 aliphatic rings. The molecule has 0 unspecified atom stereocenters. The van der Waals surface area contributed by atoms with Crippen molar-refractivity contribution in [2.75, 3.05) is 31.7 Å². The number of hydrogen-bond donors (Lipinski definition) is 2. The van der Waals surface area contributed by atoms with E-state index in [-0.39, 0.29) is 47.3 Å². The van der Waals surface area contributed by atoms with Crippen molar-refractivity contribution in [3.05, 3.63) is 58.9 Å². The van der Waals surface area contributed by atoms with Crippen LogP contribution in [0.2, 0.25) is 0 Å². The zero-order valence-corrected chi connectivity index (χ0v) is 30.5. The first-order valence-corrected chi connectivity index (χ1v) is 18.7. The number of fused-ring (bicyclic) bond motifs is 3. The van der Waals surface area contributed by atoms with Crippen molar-refractivity contribution >= 4 is 29.2 Å². The van der Waals surface area contributed by atoms with Crippen LogP contribution < -0.4 is 15.0 Å². The Kier molecular flexibility index (Phi) is 10.4. The first kappa shape index (κ1) is 35.3. The summed E-state index contributed by atoms with van der Waals surface area (Å²) < 4.78 is 11.1. The monoisotopic (exact) mass is 688 g/mol. The number of rotatable bonds is 10. The number of alkyl carbamates (subject to hydrolysis) is 1. The van der Waals surface area contributed by atoms with E-state index in [1.807, 2.05) is 23.4 Å². The van der Waals surface area contributed by atoms with Gasteiger partial charge in [-0.1, -0.05) is 32.9 Å². The number of nitrogens with zero attached hydrogens (tertiary/aromatic N) is 3. The molecule has 2 amide bonds. The highest BCUT2D eigenvalue weighted by Gasteiger charge is 2.51. The number of pyridine rings is 1. The van der Waals surface area contributed by atoms with Gasteiger partial charge >= 0.3 is 6.09 Å². The van der Waals surface area contributed by atoms with Crippen molar-refractivity contribution < 1.29 is 24.2 Å². The highest BCUT2D eigenvalue weighted by atomic mass is 32.1. The van der Waals surface area contributed by atoms with Gasteiger partial charge in [-0.3, -0.25) is 9.69 Å². The summed E-state index contributed by atoms with van der Waals surface area (Å²) in [6, 6.07) is 10.8. The number of benzene rings is 1. The number of methoxy groups -OCH3 is 1. The van der Waals surface area contributed by atoms with Gasteiger partial charge in [0.2, 0.25) is 5.91 Å². The molecule has 264 valence electrons. The van der Waals surface area contributed by atoms with Crippen LogP contribution in [0.3, 0.4) is 0 Å². The smallest absolute Gasteiger partial charge is 0.407 e. The fourth-order valence-electron chi connectivity index (χ4n) is 8.22. The summed E-state index contributed by atoms with van der Waals surface area (Å²) in [5.74, 6) is 1.60. The summed E-state index contributed by atoms with van der Waals surface area (Å²) in [5.41, 5.74) is 3.82. The number of nitrogens with one attached hydrogen (secondary N) is 1. The van der Waals surface area contributed by atoms with Gasteiger partial charge in [0, 0.05) is 36.8 Å². The second-order valence-corrected chi connectivity index (χ2v) is 16.6. The molecule has 1 aromatic carbocycles. The number of aryl methyl sites for hydroxylation is 1. The molecule has 4 saturated carbocycles. The van der Waals surface area contributed by atoms with Crippen molar-refractivity contribution in [3.8, 4) is 16.2 Å². The van der Waals surface area contributed by atoms with Crippen LogP contribution in [-0.4, -0.2) is 60.0 Å².